The van der Waals surface area contributed by atoms with Crippen molar-refractivity contribution in [2.45, 2.75) is 32.2 Å². The lowest BCUT2D eigenvalue weighted by atomic mass is 10.2. The number of carbonyl (C=O) groups excluding carboxylic acids is 3. The van der Waals surface area contributed by atoms with Crippen LogP contribution >= 0.6 is 0 Å². The Morgan fingerprint density at radius 2 is 1.81 bits per heavy atom. The van der Waals surface area contributed by atoms with E-state index in [9.17, 15) is 14.4 Å². The van der Waals surface area contributed by atoms with Crippen molar-refractivity contribution in [3.05, 3.63) is 65.9 Å². The third kappa shape index (κ3) is 6.79. The molecule has 192 valence electrons. The molecule has 4 rings (SSSR count). The van der Waals surface area contributed by atoms with Gasteiger partial charge in [0.1, 0.15) is 11.4 Å². The van der Waals surface area contributed by atoms with Gasteiger partial charge in [-0.3, -0.25) is 14.4 Å². The minimum absolute atomic E-state index is 0.0900. The minimum Gasteiger partial charge on any atom is -0.369 e. The van der Waals surface area contributed by atoms with Crippen LogP contribution in [0.15, 0.2) is 54.7 Å². The van der Waals surface area contributed by atoms with Crippen molar-refractivity contribution in [3.63, 3.8) is 0 Å². The summed E-state index contributed by atoms with van der Waals surface area (Å²) in [5, 5.41) is 15.1. The van der Waals surface area contributed by atoms with Gasteiger partial charge in [0.25, 0.3) is 5.91 Å². The Bertz CT molecular complexity index is 1270. The van der Waals surface area contributed by atoms with E-state index in [4.69, 9.17) is 5.73 Å². The van der Waals surface area contributed by atoms with E-state index in [1.54, 1.807) is 48.5 Å². The molecule has 0 unspecified atom stereocenters. The van der Waals surface area contributed by atoms with Crippen molar-refractivity contribution in [3.8, 4) is 0 Å². The average Bonchev–Trinajstić information content (AvgIpc) is 3.43. The Labute approximate surface area is 214 Å². The van der Waals surface area contributed by atoms with Gasteiger partial charge >= 0.3 is 0 Å². The number of amides is 3. The van der Waals surface area contributed by atoms with Crippen LogP contribution in [0.4, 0.5) is 28.8 Å². The molecule has 0 saturated carbocycles. The Balaban J connectivity index is 1.47. The first-order valence-corrected chi connectivity index (χ1v) is 12.2. The number of benzene rings is 2. The van der Waals surface area contributed by atoms with E-state index in [2.05, 4.69) is 36.6 Å². The molecule has 1 saturated heterocycles. The highest BCUT2D eigenvalue weighted by molar-refractivity contribution is 6.07. The molecule has 2 heterocycles. The van der Waals surface area contributed by atoms with Crippen LogP contribution in [-0.4, -0.2) is 46.8 Å². The highest BCUT2D eigenvalue weighted by Gasteiger charge is 2.22. The number of anilines is 5. The third-order valence-electron chi connectivity index (χ3n) is 5.77. The average molecular weight is 503 g/mol. The van der Waals surface area contributed by atoms with Gasteiger partial charge in [0.05, 0.1) is 6.04 Å². The highest BCUT2D eigenvalue weighted by Crippen LogP contribution is 2.21. The molecule has 1 aromatic heterocycles. The lowest BCUT2D eigenvalue weighted by Crippen LogP contribution is -2.35. The van der Waals surface area contributed by atoms with Crippen LogP contribution in [0, 0.1) is 0 Å². The molecule has 3 amide bonds. The van der Waals surface area contributed by atoms with Crippen LogP contribution in [0.5, 0.6) is 0 Å². The molecular formula is C26H30N8O3. The molecule has 0 spiro atoms. The molecule has 1 aliphatic rings. The first kappa shape index (κ1) is 25.6. The summed E-state index contributed by atoms with van der Waals surface area (Å²) in [7, 11) is 0. The summed E-state index contributed by atoms with van der Waals surface area (Å²) in [6, 6.07) is 13.4. The smallest absolute Gasteiger partial charge is 0.260 e. The summed E-state index contributed by atoms with van der Waals surface area (Å²) in [6.07, 6.45) is 4.05. The first-order valence-electron chi connectivity index (χ1n) is 12.2. The van der Waals surface area contributed by atoms with Crippen molar-refractivity contribution in [2.75, 3.05) is 34.4 Å². The molecule has 2 aromatic carbocycles. The van der Waals surface area contributed by atoms with Gasteiger partial charge in [-0.15, -0.1) is 0 Å². The number of nitrogens with one attached hydrogen (secondary N) is 5. The summed E-state index contributed by atoms with van der Waals surface area (Å²) >= 11 is 0. The molecule has 0 radical (unpaired) electrons. The number of aromatic nitrogens is 2. The SMILES string of the molecule is CCCNc1nc(Nc2ccc(C(N)=O)cc2)ncc1C(=O)Nc1cccc(NC(=O)[C@@H]2CCCN2)c1. The largest absolute Gasteiger partial charge is 0.369 e. The van der Waals surface area contributed by atoms with Crippen LogP contribution in [-0.2, 0) is 4.79 Å². The summed E-state index contributed by atoms with van der Waals surface area (Å²) in [4.78, 5) is 45.6. The molecule has 0 aliphatic carbocycles. The quantitative estimate of drug-likeness (QED) is 0.246. The Morgan fingerprint density at radius 1 is 1.05 bits per heavy atom. The molecule has 1 atom stereocenters. The van der Waals surface area contributed by atoms with Crippen LogP contribution < -0.4 is 32.3 Å². The second kappa shape index (κ2) is 12.0. The van der Waals surface area contributed by atoms with Crippen LogP contribution in [0.25, 0.3) is 0 Å². The molecular weight excluding hydrogens is 472 g/mol. The molecule has 37 heavy (non-hydrogen) atoms. The second-order valence-corrected chi connectivity index (χ2v) is 8.62. The number of carbonyl (C=O) groups is 3. The number of hydrogen-bond acceptors (Lipinski definition) is 8. The summed E-state index contributed by atoms with van der Waals surface area (Å²) in [6.45, 7) is 3.45. The van der Waals surface area contributed by atoms with Crippen molar-refractivity contribution in [1.29, 1.82) is 0 Å². The molecule has 1 aliphatic heterocycles. The van der Waals surface area contributed by atoms with Crippen molar-refractivity contribution in [2.24, 2.45) is 5.73 Å². The van der Waals surface area contributed by atoms with Crippen LogP contribution in [0.2, 0.25) is 0 Å². The van der Waals surface area contributed by atoms with Gasteiger partial charge < -0.3 is 32.3 Å². The standard InChI is InChI=1S/C26H30N8O3/c1-2-12-29-23-20(15-30-26(34-23)33-17-10-8-16(9-11-17)22(27)35)24(36)31-18-5-3-6-19(14-18)32-25(37)21-7-4-13-28-21/h3,5-6,8-11,14-15,21,28H,2,4,7,12-13H2,1H3,(H2,27,35)(H,31,36)(H,32,37)(H2,29,30,33,34)/t21-/m0/s1. The number of hydrogen-bond donors (Lipinski definition) is 6. The fraction of sp³-hybridized carbons (Fsp3) is 0.269. The zero-order chi connectivity index (χ0) is 26.2. The second-order valence-electron chi connectivity index (χ2n) is 8.62. The van der Waals surface area contributed by atoms with Gasteiger partial charge in [0, 0.05) is 35.4 Å². The van der Waals surface area contributed by atoms with E-state index >= 15 is 0 Å². The van der Waals surface area contributed by atoms with Gasteiger partial charge in [-0.05, 0) is 68.3 Å². The van der Waals surface area contributed by atoms with E-state index in [0.29, 0.717) is 35.0 Å². The van der Waals surface area contributed by atoms with Gasteiger partial charge in [-0.25, -0.2) is 4.98 Å². The fourth-order valence-corrected chi connectivity index (χ4v) is 3.84. The summed E-state index contributed by atoms with van der Waals surface area (Å²) < 4.78 is 0. The first-order chi connectivity index (χ1) is 17.9. The van der Waals surface area contributed by atoms with Crippen LogP contribution in [0.3, 0.4) is 0 Å². The van der Waals surface area contributed by atoms with Gasteiger partial charge in [0.15, 0.2) is 0 Å². The molecule has 0 bridgehead atoms. The molecule has 3 aromatic rings. The van der Waals surface area contributed by atoms with Crippen molar-refractivity contribution >= 4 is 46.5 Å². The van der Waals surface area contributed by atoms with Crippen LogP contribution in [0.1, 0.15) is 46.9 Å². The van der Waals surface area contributed by atoms with Gasteiger partial charge in [-0.2, -0.15) is 4.98 Å². The maximum atomic E-state index is 13.1. The molecule has 11 nitrogen and oxygen atoms in total. The zero-order valence-corrected chi connectivity index (χ0v) is 20.5. The Hall–Kier alpha value is -4.51. The van der Waals surface area contributed by atoms with E-state index in [-0.39, 0.29) is 23.5 Å². The number of nitrogens with zero attached hydrogens (tertiary/aromatic N) is 2. The van der Waals surface area contributed by atoms with Gasteiger partial charge in [0.2, 0.25) is 17.8 Å². The predicted octanol–water partition coefficient (Wildman–Crippen LogP) is 3.08. The van der Waals surface area contributed by atoms with Crippen molar-refractivity contribution in [1.82, 2.24) is 15.3 Å². The van der Waals surface area contributed by atoms with E-state index in [0.717, 1.165) is 25.8 Å². The summed E-state index contributed by atoms with van der Waals surface area (Å²) in [5.74, 6) is -0.331. The van der Waals surface area contributed by atoms with E-state index < -0.39 is 11.8 Å². The van der Waals surface area contributed by atoms with E-state index in [1.165, 1.54) is 6.20 Å². The van der Waals surface area contributed by atoms with Gasteiger partial charge in [-0.1, -0.05) is 13.0 Å². The minimum atomic E-state index is -0.511. The number of rotatable bonds is 10. The number of nitrogens with two attached hydrogens (primary N) is 1. The normalized spacial score (nSPS) is 14.6. The molecule has 7 N–H and O–H groups in total. The van der Waals surface area contributed by atoms with Crippen molar-refractivity contribution < 1.29 is 14.4 Å². The third-order valence-corrected chi connectivity index (χ3v) is 5.77. The highest BCUT2D eigenvalue weighted by atomic mass is 16.2. The lowest BCUT2D eigenvalue weighted by molar-refractivity contribution is -0.117. The zero-order valence-electron chi connectivity index (χ0n) is 20.5. The molecule has 11 heteroatoms. The Morgan fingerprint density at radius 3 is 2.49 bits per heavy atom. The van der Waals surface area contributed by atoms with E-state index in [1.807, 2.05) is 6.92 Å². The predicted molar refractivity (Wildman–Crippen MR) is 143 cm³/mol. The maximum absolute atomic E-state index is 13.1. The lowest BCUT2D eigenvalue weighted by Gasteiger charge is -2.14. The monoisotopic (exact) mass is 502 g/mol. The Kier molecular flexibility index (Phi) is 8.26. The maximum Gasteiger partial charge on any atom is 0.260 e. The summed E-state index contributed by atoms with van der Waals surface area (Å²) in [5.41, 5.74) is 7.74. The molecule has 1 fully saturated rings. The number of primary amides is 1. The fourth-order valence-electron chi connectivity index (χ4n) is 3.84. The topological polar surface area (TPSA) is 163 Å².